The van der Waals surface area contributed by atoms with E-state index in [4.69, 9.17) is 16.3 Å². The minimum atomic E-state index is -3.84. The fourth-order valence-electron chi connectivity index (χ4n) is 2.48. The number of carbonyl (C=O) groups excluding carboxylic acids is 1. The topological polar surface area (TPSA) is 84.5 Å². The molecular weight excluding hydrogens is 431 g/mol. The van der Waals surface area contributed by atoms with Crippen molar-refractivity contribution in [3.63, 3.8) is 0 Å². The summed E-state index contributed by atoms with van der Waals surface area (Å²) >= 11 is 6.04. The van der Waals surface area contributed by atoms with Crippen LogP contribution < -0.4 is 14.8 Å². The van der Waals surface area contributed by atoms with Gasteiger partial charge in [-0.15, -0.1) is 0 Å². The summed E-state index contributed by atoms with van der Waals surface area (Å²) in [7, 11) is -3.84. The van der Waals surface area contributed by atoms with Crippen LogP contribution in [0.4, 0.5) is 10.1 Å². The summed E-state index contributed by atoms with van der Waals surface area (Å²) in [6, 6.07) is 17.7. The molecule has 1 amide bonds. The lowest BCUT2D eigenvalue weighted by Crippen LogP contribution is -2.28. The first-order chi connectivity index (χ1) is 14.3. The molecule has 0 aromatic heterocycles. The fraction of sp³-hybridized carbons (Fsp3) is 0.0952. The number of hydrogen-bond acceptors (Lipinski definition) is 4. The van der Waals surface area contributed by atoms with Gasteiger partial charge in [0.2, 0.25) is 0 Å². The van der Waals surface area contributed by atoms with Crippen LogP contribution in [0.5, 0.6) is 5.75 Å². The van der Waals surface area contributed by atoms with Gasteiger partial charge in [-0.3, -0.25) is 9.52 Å². The highest BCUT2D eigenvalue weighted by molar-refractivity contribution is 7.92. The second kappa shape index (κ2) is 9.60. The second-order valence-electron chi connectivity index (χ2n) is 6.24. The summed E-state index contributed by atoms with van der Waals surface area (Å²) < 4.78 is 45.5. The van der Waals surface area contributed by atoms with Gasteiger partial charge in [-0.2, -0.15) is 0 Å². The van der Waals surface area contributed by atoms with E-state index >= 15 is 0 Å². The van der Waals surface area contributed by atoms with Crippen LogP contribution in [0.15, 0.2) is 77.7 Å². The summed E-state index contributed by atoms with van der Waals surface area (Å²) in [5, 5.41) is 3.26. The minimum Gasteiger partial charge on any atom is -0.484 e. The second-order valence-corrected chi connectivity index (χ2v) is 8.33. The maximum absolute atomic E-state index is 12.9. The lowest BCUT2D eigenvalue weighted by atomic mass is 10.2. The van der Waals surface area contributed by atoms with Gasteiger partial charge in [0.1, 0.15) is 11.6 Å². The molecule has 0 aliphatic carbocycles. The Morgan fingerprint density at radius 2 is 1.63 bits per heavy atom. The molecule has 3 aromatic rings. The Balaban J connectivity index is 1.53. The molecule has 0 saturated heterocycles. The summed E-state index contributed by atoms with van der Waals surface area (Å²) in [5.74, 6) is -0.469. The van der Waals surface area contributed by atoms with Crippen LogP contribution >= 0.6 is 11.6 Å². The van der Waals surface area contributed by atoms with Gasteiger partial charge >= 0.3 is 0 Å². The zero-order valence-corrected chi connectivity index (χ0v) is 17.2. The largest absolute Gasteiger partial charge is 0.484 e. The first kappa shape index (κ1) is 21.6. The lowest BCUT2D eigenvalue weighted by molar-refractivity contribution is -0.123. The summed E-state index contributed by atoms with van der Waals surface area (Å²) in [6.07, 6.45) is 0. The standard InChI is InChI=1S/C21H18ClFN2O4S/c22-20-4-2-1-3-15(20)13-24-21(26)14-29-18-9-11-19(12-10-18)30(27,28)25-17-7-5-16(23)6-8-17/h1-12,25H,13-14H2,(H,24,26). The number of sulfonamides is 1. The van der Waals surface area contributed by atoms with Gasteiger partial charge in [0.25, 0.3) is 15.9 Å². The molecule has 0 spiro atoms. The van der Waals surface area contributed by atoms with Gasteiger partial charge in [-0.05, 0) is 60.2 Å². The molecule has 0 heterocycles. The van der Waals surface area contributed by atoms with Crippen LogP contribution in [-0.2, 0) is 21.4 Å². The van der Waals surface area contributed by atoms with Gasteiger partial charge < -0.3 is 10.1 Å². The van der Waals surface area contributed by atoms with Crippen molar-refractivity contribution in [3.8, 4) is 5.75 Å². The van der Waals surface area contributed by atoms with E-state index in [1.54, 1.807) is 12.1 Å². The third-order valence-corrected chi connectivity index (χ3v) is 5.80. The van der Waals surface area contributed by atoms with E-state index in [1.165, 1.54) is 36.4 Å². The molecule has 6 nitrogen and oxygen atoms in total. The molecule has 0 bridgehead atoms. The molecule has 9 heteroatoms. The number of hydrogen-bond donors (Lipinski definition) is 2. The third kappa shape index (κ3) is 5.95. The van der Waals surface area contributed by atoms with Crippen molar-refractivity contribution >= 4 is 33.2 Å². The lowest BCUT2D eigenvalue weighted by Gasteiger charge is -2.10. The Kier molecular flexibility index (Phi) is 6.91. The number of rotatable bonds is 8. The molecule has 30 heavy (non-hydrogen) atoms. The van der Waals surface area contributed by atoms with E-state index in [0.29, 0.717) is 10.8 Å². The summed E-state index contributed by atoms with van der Waals surface area (Å²) in [6.45, 7) is 0.0402. The third-order valence-electron chi connectivity index (χ3n) is 4.03. The molecular formula is C21H18ClFN2O4S. The molecule has 3 aromatic carbocycles. The van der Waals surface area contributed by atoms with E-state index in [1.807, 2.05) is 12.1 Å². The van der Waals surface area contributed by atoms with E-state index in [2.05, 4.69) is 10.0 Å². The molecule has 156 valence electrons. The number of benzene rings is 3. The molecule has 0 atom stereocenters. The molecule has 0 fully saturated rings. The quantitative estimate of drug-likeness (QED) is 0.546. The van der Waals surface area contributed by atoms with Gasteiger partial charge in [0, 0.05) is 17.3 Å². The van der Waals surface area contributed by atoms with E-state index in [-0.39, 0.29) is 29.6 Å². The molecule has 0 unspecified atom stereocenters. The van der Waals surface area contributed by atoms with Gasteiger partial charge in [-0.25, -0.2) is 12.8 Å². The highest BCUT2D eigenvalue weighted by Crippen LogP contribution is 2.20. The molecule has 0 aliphatic rings. The first-order valence-corrected chi connectivity index (χ1v) is 10.7. The van der Waals surface area contributed by atoms with Crippen LogP contribution in [0, 0.1) is 5.82 Å². The van der Waals surface area contributed by atoms with Crippen molar-refractivity contribution in [1.29, 1.82) is 0 Å². The van der Waals surface area contributed by atoms with Crippen LogP contribution in [0.1, 0.15) is 5.56 Å². The maximum atomic E-state index is 12.9. The van der Waals surface area contributed by atoms with Crippen LogP contribution in [0.25, 0.3) is 0 Å². The summed E-state index contributed by atoms with van der Waals surface area (Å²) in [4.78, 5) is 11.9. The SMILES string of the molecule is O=C(COc1ccc(S(=O)(=O)Nc2ccc(F)cc2)cc1)NCc1ccccc1Cl. The molecule has 0 radical (unpaired) electrons. The summed E-state index contributed by atoms with van der Waals surface area (Å²) in [5.41, 5.74) is 1.03. The normalized spacial score (nSPS) is 11.0. The van der Waals surface area contributed by atoms with Gasteiger partial charge in [0.05, 0.1) is 4.90 Å². The van der Waals surface area contributed by atoms with Crippen molar-refractivity contribution in [2.24, 2.45) is 0 Å². The first-order valence-electron chi connectivity index (χ1n) is 8.85. The minimum absolute atomic E-state index is 0.00217. The van der Waals surface area contributed by atoms with Crippen LogP contribution in [-0.4, -0.2) is 20.9 Å². The molecule has 2 N–H and O–H groups in total. The monoisotopic (exact) mass is 448 g/mol. The van der Waals surface area contributed by atoms with Crippen molar-refractivity contribution in [3.05, 3.63) is 89.2 Å². The van der Waals surface area contributed by atoms with E-state index in [0.717, 1.165) is 17.7 Å². The zero-order valence-electron chi connectivity index (χ0n) is 15.6. The predicted octanol–water partition coefficient (Wildman–Crippen LogP) is 3.98. The number of amides is 1. The molecule has 3 rings (SSSR count). The van der Waals surface area contributed by atoms with Gasteiger partial charge in [-0.1, -0.05) is 29.8 Å². The number of anilines is 1. The fourth-order valence-corrected chi connectivity index (χ4v) is 3.74. The number of nitrogens with one attached hydrogen (secondary N) is 2. The Hall–Kier alpha value is -3.10. The predicted molar refractivity (Wildman–Crippen MR) is 112 cm³/mol. The van der Waals surface area contributed by atoms with Crippen molar-refractivity contribution < 1.29 is 22.3 Å². The number of halogens is 2. The molecule has 0 aliphatic heterocycles. The number of carbonyl (C=O) groups is 1. The van der Waals surface area contributed by atoms with Gasteiger partial charge in [0.15, 0.2) is 6.61 Å². The van der Waals surface area contributed by atoms with Crippen molar-refractivity contribution in [1.82, 2.24) is 5.32 Å². The van der Waals surface area contributed by atoms with E-state index < -0.39 is 15.8 Å². The van der Waals surface area contributed by atoms with Crippen LogP contribution in [0.2, 0.25) is 5.02 Å². The smallest absolute Gasteiger partial charge is 0.261 e. The average molecular weight is 449 g/mol. The highest BCUT2D eigenvalue weighted by atomic mass is 35.5. The van der Waals surface area contributed by atoms with Crippen molar-refractivity contribution in [2.75, 3.05) is 11.3 Å². The highest BCUT2D eigenvalue weighted by Gasteiger charge is 2.14. The Labute approximate surface area is 178 Å². The molecule has 0 saturated carbocycles. The maximum Gasteiger partial charge on any atom is 0.261 e. The number of ether oxygens (including phenoxy) is 1. The Bertz CT molecular complexity index is 1120. The zero-order chi connectivity index (χ0) is 21.6. The average Bonchev–Trinajstić information content (AvgIpc) is 2.73. The Morgan fingerprint density at radius 1 is 0.967 bits per heavy atom. The van der Waals surface area contributed by atoms with Crippen molar-refractivity contribution in [2.45, 2.75) is 11.4 Å². The van der Waals surface area contributed by atoms with E-state index in [9.17, 15) is 17.6 Å². The van der Waals surface area contributed by atoms with Crippen LogP contribution in [0.3, 0.4) is 0 Å². The Morgan fingerprint density at radius 3 is 2.30 bits per heavy atom.